The minimum atomic E-state index is -0.175. The Morgan fingerprint density at radius 1 is 0.889 bits per heavy atom. The van der Waals surface area contributed by atoms with Crippen molar-refractivity contribution in [2.45, 2.75) is 12.5 Å². The molecule has 1 aromatic heterocycles. The molecule has 0 aliphatic carbocycles. The fourth-order valence-corrected chi connectivity index (χ4v) is 3.52. The van der Waals surface area contributed by atoms with Gasteiger partial charge in [-0.15, -0.1) is 0 Å². The molecule has 1 heterocycles. The van der Waals surface area contributed by atoms with E-state index < -0.39 is 0 Å². The number of fused-ring (bicyclic) bond motifs is 1. The van der Waals surface area contributed by atoms with Gasteiger partial charge in [0.1, 0.15) is 6.07 Å². The number of hydrogen-bond donors (Lipinski definition) is 0. The Morgan fingerprint density at radius 2 is 1.52 bits per heavy atom. The Hall–Kier alpha value is -3.64. The molecule has 1 unspecified atom stereocenters. The van der Waals surface area contributed by atoms with E-state index in [0.29, 0.717) is 17.5 Å². The molecule has 0 aliphatic heterocycles. The highest BCUT2D eigenvalue weighted by atomic mass is 16.1. The van der Waals surface area contributed by atoms with Gasteiger partial charge >= 0.3 is 0 Å². The number of ketones is 1. The van der Waals surface area contributed by atoms with E-state index >= 15 is 0 Å². The summed E-state index contributed by atoms with van der Waals surface area (Å²) in [6, 6.07) is 29.3. The van der Waals surface area contributed by atoms with Crippen LogP contribution in [0, 0.1) is 11.3 Å². The van der Waals surface area contributed by atoms with E-state index in [9.17, 15) is 10.1 Å². The maximum atomic E-state index is 12.9. The lowest BCUT2D eigenvalue weighted by molar-refractivity contribution is 0.0970. The van der Waals surface area contributed by atoms with Gasteiger partial charge in [0.2, 0.25) is 0 Å². The van der Waals surface area contributed by atoms with Crippen molar-refractivity contribution in [3.8, 4) is 6.07 Å². The van der Waals surface area contributed by atoms with E-state index in [1.807, 2.05) is 91.1 Å². The predicted molar refractivity (Wildman–Crippen MR) is 107 cm³/mol. The molecule has 3 nitrogen and oxygen atoms in total. The molecular formula is C24H18N2O. The van der Waals surface area contributed by atoms with Crippen LogP contribution in [0.1, 0.15) is 33.9 Å². The van der Waals surface area contributed by atoms with E-state index in [1.165, 1.54) is 0 Å². The monoisotopic (exact) mass is 350 g/mol. The van der Waals surface area contributed by atoms with Crippen molar-refractivity contribution < 1.29 is 4.79 Å². The molecule has 4 rings (SSSR count). The van der Waals surface area contributed by atoms with Crippen LogP contribution in [-0.4, -0.2) is 10.4 Å². The Bertz CT molecular complexity index is 1120. The molecule has 130 valence electrons. The van der Waals surface area contributed by atoms with Gasteiger partial charge in [-0.1, -0.05) is 78.9 Å². The van der Waals surface area contributed by atoms with Crippen LogP contribution in [0.15, 0.2) is 91.1 Å². The first-order valence-corrected chi connectivity index (χ1v) is 8.91. The summed E-state index contributed by atoms with van der Waals surface area (Å²) in [7, 11) is 0. The van der Waals surface area contributed by atoms with Crippen molar-refractivity contribution in [3.05, 3.63) is 108 Å². The molecule has 0 N–H and O–H groups in total. The smallest absolute Gasteiger partial charge is 0.165 e. The van der Waals surface area contributed by atoms with Crippen LogP contribution >= 0.6 is 0 Å². The molecule has 0 bridgehead atoms. The van der Waals surface area contributed by atoms with Crippen LogP contribution in [0.25, 0.3) is 10.9 Å². The third kappa shape index (κ3) is 3.26. The topological polar surface area (TPSA) is 45.8 Å². The lowest BCUT2D eigenvalue weighted by atomic mass is 9.97. The second-order valence-electron chi connectivity index (χ2n) is 6.50. The first-order chi connectivity index (χ1) is 13.3. The minimum absolute atomic E-state index is 0.0840. The second kappa shape index (κ2) is 7.31. The number of nitrogens with zero attached hydrogens (tertiary/aromatic N) is 2. The van der Waals surface area contributed by atoms with Crippen LogP contribution in [0.2, 0.25) is 0 Å². The Kier molecular flexibility index (Phi) is 4.55. The summed E-state index contributed by atoms with van der Waals surface area (Å²) in [6.45, 7) is 0. The number of hydrogen-bond acceptors (Lipinski definition) is 2. The average molecular weight is 350 g/mol. The Balaban J connectivity index is 1.83. The molecule has 4 aromatic rings. The fourth-order valence-electron chi connectivity index (χ4n) is 3.52. The van der Waals surface area contributed by atoms with Gasteiger partial charge in [-0.05, 0) is 11.6 Å². The van der Waals surface area contributed by atoms with Crippen LogP contribution in [0.3, 0.4) is 0 Å². The van der Waals surface area contributed by atoms with Gasteiger partial charge in [-0.3, -0.25) is 4.79 Å². The lowest BCUT2D eigenvalue weighted by Gasteiger charge is -2.20. The minimum Gasteiger partial charge on any atom is -0.338 e. The molecule has 27 heavy (non-hydrogen) atoms. The van der Waals surface area contributed by atoms with Crippen molar-refractivity contribution in [1.82, 2.24) is 4.57 Å². The number of para-hydroxylation sites is 1. The largest absolute Gasteiger partial charge is 0.338 e. The van der Waals surface area contributed by atoms with Crippen molar-refractivity contribution in [3.63, 3.8) is 0 Å². The van der Waals surface area contributed by atoms with Crippen molar-refractivity contribution in [2.24, 2.45) is 0 Å². The summed E-state index contributed by atoms with van der Waals surface area (Å²) in [6.07, 6.45) is 2.19. The second-order valence-corrected chi connectivity index (χ2v) is 6.50. The zero-order valence-electron chi connectivity index (χ0n) is 14.7. The number of carbonyl (C=O) groups is 1. The average Bonchev–Trinajstić information content (AvgIpc) is 3.12. The van der Waals surface area contributed by atoms with Crippen molar-refractivity contribution >= 4 is 16.7 Å². The van der Waals surface area contributed by atoms with Gasteiger partial charge in [0.15, 0.2) is 5.78 Å². The molecule has 0 amide bonds. The van der Waals surface area contributed by atoms with Crippen LogP contribution in [0.5, 0.6) is 0 Å². The van der Waals surface area contributed by atoms with Crippen LogP contribution in [0.4, 0.5) is 0 Å². The van der Waals surface area contributed by atoms with Crippen molar-refractivity contribution in [2.75, 3.05) is 0 Å². The standard InChI is InChI=1S/C24H18N2O/c25-16-20-17-26(22-14-8-7-13-21(20)22)23(18-9-3-1-4-10-18)15-24(27)19-11-5-2-6-12-19/h1-14,17,23H,15H2. The molecule has 0 spiro atoms. The SMILES string of the molecule is N#Cc1cn(C(CC(=O)c2ccccc2)c2ccccc2)c2ccccc12. The Morgan fingerprint density at radius 3 is 2.22 bits per heavy atom. The van der Waals surface area contributed by atoms with Gasteiger partial charge in [-0.2, -0.15) is 5.26 Å². The van der Waals surface area contributed by atoms with Gasteiger partial charge in [0.25, 0.3) is 0 Å². The summed E-state index contributed by atoms with van der Waals surface area (Å²) in [4.78, 5) is 12.9. The molecule has 0 saturated heterocycles. The Labute approximate surface area is 158 Å². The first kappa shape index (κ1) is 16.8. The number of benzene rings is 3. The summed E-state index contributed by atoms with van der Waals surface area (Å²) in [5.41, 5.74) is 3.34. The third-order valence-electron chi connectivity index (χ3n) is 4.86. The highest BCUT2D eigenvalue weighted by Crippen LogP contribution is 2.31. The lowest BCUT2D eigenvalue weighted by Crippen LogP contribution is -2.15. The number of aromatic nitrogens is 1. The number of Topliss-reactive ketones (excluding diaryl/α,β-unsaturated/α-hetero) is 1. The summed E-state index contributed by atoms with van der Waals surface area (Å²) < 4.78 is 2.06. The molecule has 1 atom stereocenters. The van der Waals surface area contributed by atoms with E-state index in [-0.39, 0.29) is 11.8 Å². The summed E-state index contributed by atoms with van der Waals surface area (Å²) in [5.74, 6) is 0.0840. The summed E-state index contributed by atoms with van der Waals surface area (Å²) >= 11 is 0. The quantitative estimate of drug-likeness (QED) is 0.454. The van der Waals surface area contributed by atoms with E-state index in [0.717, 1.165) is 16.5 Å². The normalized spacial score (nSPS) is 11.8. The van der Waals surface area contributed by atoms with Crippen LogP contribution in [-0.2, 0) is 0 Å². The highest BCUT2D eigenvalue weighted by molar-refractivity contribution is 5.96. The summed E-state index contributed by atoms with van der Waals surface area (Å²) in [5, 5.41) is 10.4. The molecule has 0 saturated carbocycles. The number of rotatable bonds is 5. The number of carbonyl (C=O) groups excluding carboxylic acids is 1. The van der Waals surface area contributed by atoms with Gasteiger partial charge < -0.3 is 4.57 Å². The fraction of sp³-hybridized carbons (Fsp3) is 0.0833. The zero-order valence-corrected chi connectivity index (χ0v) is 14.7. The highest BCUT2D eigenvalue weighted by Gasteiger charge is 2.21. The molecule has 0 aliphatic rings. The van der Waals surface area contributed by atoms with Crippen LogP contribution < -0.4 is 0 Å². The first-order valence-electron chi connectivity index (χ1n) is 8.91. The maximum Gasteiger partial charge on any atom is 0.165 e. The molecule has 3 heteroatoms. The van der Waals surface area contributed by atoms with Gasteiger partial charge in [0, 0.05) is 29.1 Å². The van der Waals surface area contributed by atoms with E-state index in [2.05, 4.69) is 10.6 Å². The molecule has 3 aromatic carbocycles. The van der Waals surface area contributed by atoms with E-state index in [1.54, 1.807) is 0 Å². The van der Waals surface area contributed by atoms with Crippen molar-refractivity contribution in [1.29, 1.82) is 5.26 Å². The third-order valence-corrected chi connectivity index (χ3v) is 4.86. The zero-order chi connectivity index (χ0) is 18.6. The maximum absolute atomic E-state index is 12.9. The predicted octanol–water partition coefficient (Wildman–Crippen LogP) is 5.38. The van der Waals surface area contributed by atoms with Gasteiger partial charge in [0.05, 0.1) is 11.6 Å². The van der Waals surface area contributed by atoms with E-state index in [4.69, 9.17) is 0 Å². The molecular weight excluding hydrogens is 332 g/mol. The molecule has 0 fully saturated rings. The molecule has 0 radical (unpaired) electrons. The van der Waals surface area contributed by atoms with Gasteiger partial charge in [-0.25, -0.2) is 0 Å². The number of nitriles is 1.